The Morgan fingerprint density at radius 1 is 1.15 bits per heavy atom. The Bertz CT molecular complexity index is 920. The lowest BCUT2D eigenvalue weighted by Gasteiger charge is -2.32. The number of hydrogen-bond donors (Lipinski definition) is 0. The lowest BCUT2D eigenvalue weighted by molar-refractivity contribution is -0.136. The van der Waals surface area contributed by atoms with Crippen molar-refractivity contribution in [2.75, 3.05) is 18.6 Å². The normalized spacial score (nSPS) is 19.5. The molecule has 0 N–H and O–H groups in total. The molecule has 26 heavy (non-hydrogen) atoms. The number of anilines is 1. The summed E-state index contributed by atoms with van der Waals surface area (Å²) < 4.78 is 10.5. The van der Waals surface area contributed by atoms with Gasteiger partial charge in [-0.2, -0.15) is 0 Å². The van der Waals surface area contributed by atoms with Crippen LogP contribution >= 0.6 is 11.6 Å². The summed E-state index contributed by atoms with van der Waals surface area (Å²) in [6, 6.07) is 14.4. The molecule has 5 nitrogen and oxygen atoms in total. The fraction of sp³-hybridized carbons (Fsp3) is 0.200. The van der Waals surface area contributed by atoms with Gasteiger partial charge in [-0.1, -0.05) is 23.7 Å². The van der Waals surface area contributed by atoms with E-state index in [0.29, 0.717) is 27.7 Å². The predicted molar refractivity (Wildman–Crippen MR) is 97.3 cm³/mol. The zero-order chi connectivity index (χ0) is 18.3. The maximum Gasteiger partial charge on any atom is 0.336 e. The molecule has 6 heteroatoms. The van der Waals surface area contributed by atoms with Crippen LogP contribution in [0.1, 0.15) is 17.9 Å². The fourth-order valence-electron chi connectivity index (χ4n) is 3.49. The smallest absolute Gasteiger partial charge is 0.336 e. The number of carbonyl (C=O) groups is 2. The Morgan fingerprint density at radius 3 is 2.65 bits per heavy atom. The van der Waals surface area contributed by atoms with Crippen LogP contribution in [-0.4, -0.2) is 25.6 Å². The van der Waals surface area contributed by atoms with Crippen molar-refractivity contribution in [2.24, 2.45) is 0 Å². The molecule has 1 atom stereocenters. The Morgan fingerprint density at radius 2 is 1.92 bits per heavy atom. The number of benzene rings is 2. The summed E-state index contributed by atoms with van der Waals surface area (Å²) in [5.74, 6) is -0.119. The first-order chi connectivity index (χ1) is 12.6. The molecule has 2 heterocycles. The quantitative estimate of drug-likeness (QED) is 0.774. The molecule has 2 aromatic rings. The average Bonchev–Trinajstić information content (AvgIpc) is 3.04. The van der Waals surface area contributed by atoms with Crippen LogP contribution in [0.15, 0.2) is 59.8 Å². The second-order valence-electron chi connectivity index (χ2n) is 6.18. The molecule has 0 fully saturated rings. The molecule has 0 radical (unpaired) electrons. The van der Waals surface area contributed by atoms with Gasteiger partial charge in [-0.3, -0.25) is 9.69 Å². The Balaban J connectivity index is 1.81. The third-order valence-corrected chi connectivity index (χ3v) is 4.95. The van der Waals surface area contributed by atoms with Gasteiger partial charge in [-0.15, -0.1) is 0 Å². The van der Waals surface area contributed by atoms with Crippen molar-refractivity contribution in [3.05, 3.63) is 70.4 Å². The number of nitrogens with zero attached hydrogens (tertiary/aromatic N) is 1. The molecule has 0 aliphatic carbocycles. The average molecular weight is 370 g/mol. The minimum atomic E-state index is -0.376. The zero-order valence-corrected chi connectivity index (χ0v) is 14.8. The lowest BCUT2D eigenvalue weighted by atomic mass is 9.84. The van der Waals surface area contributed by atoms with Crippen LogP contribution < -0.4 is 9.64 Å². The van der Waals surface area contributed by atoms with Gasteiger partial charge < -0.3 is 9.47 Å². The molecule has 2 aliphatic rings. The number of ether oxygens (including phenoxy) is 2. The van der Waals surface area contributed by atoms with Crippen molar-refractivity contribution < 1.29 is 19.1 Å². The number of esters is 1. The highest BCUT2D eigenvalue weighted by Crippen LogP contribution is 2.42. The number of halogens is 1. The zero-order valence-electron chi connectivity index (χ0n) is 14.1. The van der Waals surface area contributed by atoms with E-state index >= 15 is 0 Å². The molecular weight excluding hydrogens is 354 g/mol. The van der Waals surface area contributed by atoms with E-state index in [4.69, 9.17) is 21.1 Å². The molecule has 0 saturated heterocycles. The Kier molecular flexibility index (Phi) is 4.17. The van der Waals surface area contributed by atoms with Crippen molar-refractivity contribution in [1.29, 1.82) is 0 Å². The molecule has 2 aliphatic heterocycles. The van der Waals surface area contributed by atoms with E-state index in [1.165, 1.54) is 0 Å². The molecule has 0 aromatic heterocycles. The summed E-state index contributed by atoms with van der Waals surface area (Å²) in [7, 11) is 1.59. The van der Waals surface area contributed by atoms with Gasteiger partial charge in [0, 0.05) is 23.0 Å². The number of cyclic esters (lactones) is 1. The summed E-state index contributed by atoms with van der Waals surface area (Å²) in [5, 5.41) is 0.584. The maximum atomic E-state index is 12.9. The van der Waals surface area contributed by atoms with E-state index in [9.17, 15) is 9.59 Å². The molecule has 1 amide bonds. The maximum absolute atomic E-state index is 12.9. The second kappa shape index (κ2) is 6.50. The highest BCUT2D eigenvalue weighted by molar-refractivity contribution is 6.30. The first-order valence-corrected chi connectivity index (χ1v) is 8.59. The predicted octanol–water partition coefficient (Wildman–Crippen LogP) is 3.68. The van der Waals surface area contributed by atoms with Gasteiger partial charge in [0.15, 0.2) is 0 Å². The summed E-state index contributed by atoms with van der Waals surface area (Å²) in [6.45, 7) is 0.0863. The topological polar surface area (TPSA) is 55.8 Å². The van der Waals surface area contributed by atoms with Crippen molar-refractivity contribution in [1.82, 2.24) is 0 Å². The first-order valence-electron chi connectivity index (χ1n) is 8.21. The van der Waals surface area contributed by atoms with Gasteiger partial charge in [-0.25, -0.2) is 4.79 Å². The van der Waals surface area contributed by atoms with Gasteiger partial charge in [0.2, 0.25) is 5.91 Å². The van der Waals surface area contributed by atoms with Gasteiger partial charge in [0.25, 0.3) is 0 Å². The second-order valence-corrected chi connectivity index (χ2v) is 6.61. The van der Waals surface area contributed by atoms with E-state index in [1.54, 1.807) is 36.3 Å². The number of hydrogen-bond acceptors (Lipinski definition) is 4. The third-order valence-electron chi connectivity index (χ3n) is 4.70. The van der Waals surface area contributed by atoms with Crippen LogP contribution in [0.5, 0.6) is 5.75 Å². The molecule has 132 valence electrons. The summed E-state index contributed by atoms with van der Waals surface area (Å²) >= 11 is 5.95. The Hall–Kier alpha value is -2.79. The summed E-state index contributed by atoms with van der Waals surface area (Å²) in [6.07, 6.45) is 0.184. The molecule has 4 rings (SSSR count). The molecule has 2 aromatic carbocycles. The number of carbonyl (C=O) groups excluding carboxylic acids is 2. The highest BCUT2D eigenvalue weighted by Gasteiger charge is 2.43. The van der Waals surface area contributed by atoms with Crippen LogP contribution in [0.4, 0.5) is 5.69 Å². The van der Waals surface area contributed by atoms with E-state index < -0.39 is 0 Å². The van der Waals surface area contributed by atoms with Crippen molar-refractivity contribution in [2.45, 2.75) is 12.3 Å². The molecular formula is C20H16ClNO4. The minimum Gasteiger partial charge on any atom is -0.497 e. The lowest BCUT2D eigenvalue weighted by Crippen LogP contribution is -2.37. The van der Waals surface area contributed by atoms with Gasteiger partial charge in [0.05, 0.1) is 18.4 Å². The van der Waals surface area contributed by atoms with Crippen LogP contribution in [0, 0.1) is 0 Å². The van der Waals surface area contributed by atoms with Crippen molar-refractivity contribution in [3.63, 3.8) is 0 Å². The molecule has 0 bridgehead atoms. The van der Waals surface area contributed by atoms with Crippen LogP contribution in [0.3, 0.4) is 0 Å². The fourth-order valence-corrected chi connectivity index (χ4v) is 3.61. The molecule has 1 unspecified atom stereocenters. The van der Waals surface area contributed by atoms with E-state index in [-0.39, 0.29) is 30.8 Å². The number of methoxy groups -OCH3 is 1. The number of rotatable bonds is 3. The summed E-state index contributed by atoms with van der Waals surface area (Å²) in [4.78, 5) is 26.9. The van der Waals surface area contributed by atoms with Crippen molar-refractivity contribution >= 4 is 29.2 Å². The van der Waals surface area contributed by atoms with Crippen LogP contribution in [-0.2, 0) is 14.3 Å². The first kappa shape index (κ1) is 16.7. The third kappa shape index (κ3) is 2.74. The minimum absolute atomic E-state index is 0.0859. The van der Waals surface area contributed by atoms with E-state index in [0.717, 1.165) is 5.56 Å². The standard InChI is InChI=1S/C20H16ClNO4/c1-25-15-4-2-3-12(9-15)16-10-18(23)22(14-7-5-13(21)6-8-14)17-11-26-20(24)19(16)17/h2-9,16H,10-11H2,1H3. The SMILES string of the molecule is COc1cccc(C2CC(=O)N(c3ccc(Cl)cc3)C3=C2C(=O)OC3)c1. The van der Waals surface area contributed by atoms with Crippen LogP contribution in [0.2, 0.25) is 5.02 Å². The van der Waals surface area contributed by atoms with Gasteiger partial charge in [0.1, 0.15) is 12.4 Å². The van der Waals surface area contributed by atoms with Crippen molar-refractivity contribution in [3.8, 4) is 5.75 Å². The van der Waals surface area contributed by atoms with E-state index in [1.807, 2.05) is 24.3 Å². The highest BCUT2D eigenvalue weighted by atomic mass is 35.5. The van der Waals surface area contributed by atoms with E-state index in [2.05, 4.69) is 0 Å². The molecule has 0 spiro atoms. The summed E-state index contributed by atoms with van der Waals surface area (Å²) in [5.41, 5.74) is 2.67. The molecule has 0 saturated carbocycles. The van der Waals surface area contributed by atoms with Crippen LogP contribution in [0.25, 0.3) is 0 Å². The monoisotopic (exact) mass is 369 g/mol. The Labute approximate surface area is 155 Å². The number of amides is 1. The van der Waals surface area contributed by atoms with Gasteiger partial charge in [-0.05, 0) is 42.0 Å². The van der Waals surface area contributed by atoms with Gasteiger partial charge >= 0.3 is 5.97 Å². The largest absolute Gasteiger partial charge is 0.497 e.